The lowest BCUT2D eigenvalue weighted by molar-refractivity contribution is -0.123. The molecule has 2 amide bonds. The van der Waals surface area contributed by atoms with Crippen LogP contribution in [0.1, 0.15) is 44.1 Å². The topological polar surface area (TPSA) is 85.5 Å². The van der Waals surface area contributed by atoms with Crippen molar-refractivity contribution in [3.8, 4) is 11.1 Å². The van der Waals surface area contributed by atoms with Gasteiger partial charge in [0.15, 0.2) is 0 Å². The Kier molecular flexibility index (Phi) is 8.33. The van der Waals surface area contributed by atoms with E-state index in [1.165, 1.54) is 12.8 Å². The zero-order chi connectivity index (χ0) is 24.8. The van der Waals surface area contributed by atoms with Gasteiger partial charge in [-0.2, -0.15) is 0 Å². The molecule has 2 fully saturated rings. The summed E-state index contributed by atoms with van der Waals surface area (Å²) in [5, 5.41) is 6.11. The third-order valence-corrected chi connectivity index (χ3v) is 6.98. The number of anilines is 1. The van der Waals surface area contributed by atoms with Crippen LogP contribution in [0.5, 0.6) is 0 Å². The van der Waals surface area contributed by atoms with Gasteiger partial charge in [0.05, 0.1) is 12.1 Å². The third-order valence-electron chi connectivity index (χ3n) is 6.98. The molecule has 0 bridgehead atoms. The summed E-state index contributed by atoms with van der Waals surface area (Å²) in [5.74, 6) is 0.0848. The normalized spacial score (nSPS) is 22.7. The summed E-state index contributed by atoms with van der Waals surface area (Å²) >= 11 is 0. The second-order valence-electron chi connectivity index (χ2n) is 9.91. The van der Waals surface area contributed by atoms with Crippen molar-refractivity contribution in [1.29, 1.82) is 0 Å². The molecule has 2 aromatic rings. The molecule has 186 valence electrons. The Bertz CT molecular complexity index is 1050. The van der Waals surface area contributed by atoms with Crippen LogP contribution in [-0.4, -0.2) is 49.6 Å². The fourth-order valence-corrected chi connectivity index (χ4v) is 4.90. The zero-order valence-electron chi connectivity index (χ0n) is 20.9. The maximum atomic E-state index is 13.1. The van der Waals surface area contributed by atoms with Crippen LogP contribution in [0.4, 0.5) is 5.69 Å². The van der Waals surface area contributed by atoms with E-state index in [4.69, 9.17) is 0 Å². The average molecular weight is 476 g/mol. The number of hydrogen-bond acceptors (Lipinski definition) is 5. The van der Waals surface area contributed by atoms with Gasteiger partial charge in [0.2, 0.25) is 11.8 Å². The van der Waals surface area contributed by atoms with Gasteiger partial charge >= 0.3 is 0 Å². The molecule has 4 N–H and O–H groups in total. The summed E-state index contributed by atoms with van der Waals surface area (Å²) in [5.41, 5.74) is 10.4. The van der Waals surface area contributed by atoms with Crippen LogP contribution >= 0.6 is 0 Å². The van der Waals surface area contributed by atoms with Gasteiger partial charge in [-0.1, -0.05) is 55.3 Å². The first-order valence-corrected chi connectivity index (χ1v) is 12.5. The minimum atomic E-state index is -0.257. The lowest BCUT2D eigenvalue weighted by atomic mass is 9.84. The van der Waals surface area contributed by atoms with Crippen molar-refractivity contribution in [2.24, 2.45) is 5.92 Å². The molecule has 2 aromatic carbocycles. The molecule has 2 aliphatic rings. The lowest BCUT2D eigenvalue weighted by Crippen LogP contribution is -2.48. The molecule has 7 heteroatoms. The van der Waals surface area contributed by atoms with Crippen LogP contribution in [0, 0.1) is 5.92 Å². The number of nitrogens with zero attached hydrogens (tertiary/aromatic N) is 1. The monoisotopic (exact) mass is 475 g/mol. The predicted octanol–water partition coefficient (Wildman–Crippen LogP) is 3.62. The molecule has 1 heterocycles. The van der Waals surface area contributed by atoms with E-state index in [1.54, 1.807) is 6.08 Å². The maximum Gasteiger partial charge on any atom is 0.248 e. The molecule has 4 unspecified atom stereocenters. The number of rotatable bonds is 8. The summed E-state index contributed by atoms with van der Waals surface area (Å²) in [4.78, 5) is 27.1. The summed E-state index contributed by atoms with van der Waals surface area (Å²) in [6.07, 6.45) is 8.15. The van der Waals surface area contributed by atoms with Crippen LogP contribution in [0.25, 0.3) is 11.1 Å². The molecule has 35 heavy (non-hydrogen) atoms. The predicted molar refractivity (Wildman–Crippen MR) is 141 cm³/mol. The van der Waals surface area contributed by atoms with E-state index in [0.717, 1.165) is 35.2 Å². The molecule has 4 rings (SSSR count). The van der Waals surface area contributed by atoms with E-state index in [0.29, 0.717) is 18.5 Å². The van der Waals surface area contributed by atoms with Gasteiger partial charge in [-0.25, -0.2) is 5.43 Å². The Morgan fingerprint density at radius 2 is 1.83 bits per heavy atom. The highest BCUT2D eigenvalue weighted by Crippen LogP contribution is 2.30. The Morgan fingerprint density at radius 3 is 2.60 bits per heavy atom. The van der Waals surface area contributed by atoms with E-state index in [2.05, 4.69) is 27.6 Å². The highest BCUT2D eigenvalue weighted by molar-refractivity contribution is 5.99. The molecule has 7 nitrogen and oxygen atoms in total. The molecule has 1 saturated carbocycles. The summed E-state index contributed by atoms with van der Waals surface area (Å²) in [6.45, 7) is 2.67. The smallest absolute Gasteiger partial charge is 0.248 e. The number of amides is 2. The Balaban J connectivity index is 1.37. The number of carbonyl (C=O) groups is 2. The number of hydrazine groups is 1. The van der Waals surface area contributed by atoms with Crippen molar-refractivity contribution in [3.05, 3.63) is 66.2 Å². The first-order chi connectivity index (χ1) is 16.9. The second-order valence-corrected chi connectivity index (χ2v) is 9.91. The first-order valence-electron chi connectivity index (χ1n) is 12.5. The molecule has 0 aromatic heterocycles. The summed E-state index contributed by atoms with van der Waals surface area (Å²) < 4.78 is 0. The Morgan fingerprint density at radius 1 is 1.06 bits per heavy atom. The van der Waals surface area contributed by atoms with Crippen molar-refractivity contribution >= 4 is 17.5 Å². The van der Waals surface area contributed by atoms with E-state index in [9.17, 15) is 9.59 Å². The molecule has 0 spiro atoms. The Hall–Kier alpha value is -3.00. The van der Waals surface area contributed by atoms with Gasteiger partial charge in [0.1, 0.15) is 0 Å². The van der Waals surface area contributed by atoms with Crippen molar-refractivity contribution < 1.29 is 9.59 Å². The molecule has 0 radical (unpaired) electrons. The van der Waals surface area contributed by atoms with Crippen molar-refractivity contribution in [3.63, 3.8) is 0 Å². The van der Waals surface area contributed by atoms with Gasteiger partial charge < -0.3 is 15.5 Å². The van der Waals surface area contributed by atoms with Crippen molar-refractivity contribution in [1.82, 2.24) is 21.1 Å². The molecular weight excluding hydrogens is 438 g/mol. The standard InChI is InChI=1S/C28H37N5O2/c1-19(28(35)30-27-24-10-4-5-11-25(24)31-32-27)21-8-6-9-22(18-21)20-13-15-23(16-14-20)29-26(34)12-7-17-33(2)3/h6-9,12-16,18-19,24-25,27,31-32H,4-5,10-11,17H2,1-3H3,(H,29,34)(H,30,35)/b12-7+. The van der Waals surface area contributed by atoms with E-state index in [1.807, 2.05) is 74.5 Å². The highest BCUT2D eigenvalue weighted by atomic mass is 16.2. The largest absolute Gasteiger partial charge is 0.339 e. The number of carbonyl (C=O) groups excluding carboxylic acids is 2. The second kappa shape index (κ2) is 11.6. The zero-order valence-corrected chi connectivity index (χ0v) is 20.9. The number of nitrogens with one attached hydrogen (secondary N) is 4. The van der Waals surface area contributed by atoms with Crippen LogP contribution in [-0.2, 0) is 9.59 Å². The van der Waals surface area contributed by atoms with Crippen molar-refractivity contribution in [2.75, 3.05) is 26.0 Å². The number of likely N-dealkylation sites (N-methyl/N-ethyl adjacent to an activating group) is 1. The third kappa shape index (κ3) is 6.57. The molecule has 1 saturated heterocycles. The summed E-state index contributed by atoms with van der Waals surface area (Å²) in [7, 11) is 3.91. The fourth-order valence-electron chi connectivity index (χ4n) is 4.90. The van der Waals surface area contributed by atoms with Gasteiger partial charge in [-0.15, -0.1) is 0 Å². The van der Waals surface area contributed by atoms with Crippen LogP contribution in [0.3, 0.4) is 0 Å². The fraction of sp³-hybridized carbons (Fsp3) is 0.429. The van der Waals surface area contributed by atoms with E-state index >= 15 is 0 Å². The molecular formula is C28H37N5O2. The maximum absolute atomic E-state index is 13.1. The van der Waals surface area contributed by atoms with Gasteiger partial charge in [0, 0.05) is 30.3 Å². The molecule has 4 atom stereocenters. The van der Waals surface area contributed by atoms with Crippen LogP contribution < -0.4 is 21.5 Å². The SMILES string of the molecule is CC(C(=O)NC1NNC2CCCCC21)c1cccc(-c2ccc(NC(=O)/C=C/CN(C)C)cc2)c1. The number of fused-ring (bicyclic) bond motifs is 1. The van der Waals surface area contributed by atoms with E-state index in [-0.39, 0.29) is 23.9 Å². The average Bonchev–Trinajstić information content (AvgIpc) is 3.26. The number of benzene rings is 2. The van der Waals surface area contributed by atoms with Gasteiger partial charge in [-0.3, -0.25) is 15.0 Å². The van der Waals surface area contributed by atoms with E-state index < -0.39 is 0 Å². The number of hydrogen-bond donors (Lipinski definition) is 4. The first kappa shape index (κ1) is 25.1. The minimum Gasteiger partial charge on any atom is -0.339 e. The van der Waals surface area contributed by atoms with Crippen LogP contribution in [0.15, 0.2) is 60.7 Å². The van der Waals surface area contributed by atoms with Gasteiger partial charge in [0.25, 0.3) is 0 Å². The lowest BCUT2D eigenvalue weighted by Gasteiger charge is -2.28. The quantitative estimate of drug-likeness (QED) is 0.438. The minimum absolute atomic E-state index is 0.0149. The molecule has 1 aliphatic carbocycles. The highest BCUT2D eigenvalue weighted by Gasteiger charge is 2.38. The summed E-state index contributed by atoms with van der Waals surface area (Å²) in [6, 6.07) is 16.3. The van der Waals surface area contributed by atoms with Gasteiger partial charge in [-0.05, 0) is 62.7 Å². The molecule has 1 aliphatic heterocycles. The van der Waals surface area contributed by atoms with Crippen molar-refractivity contribution in [2.45, 2.75) is 50.7 Å². The Labute approximate surface area is 208 Å². The van der Waals surface area contributed by atoms with Crippen LogP contribution in [0.2, 0.25) is 0 Å².